The van der Waals surface area contributed by atoms with E-state index >= 15 is 4.39 Å². The smallest absolute Gasteiger partial charge is 0.278 e. The summed E-state index contributed by atoms with van der Waals surface area (Å²) < 4.78 is 18.5. The van der Waals surface area contributed by atoms with E-state index in [9.17, 15) is 19.5 Å². The Morgan fingerprint density at radius 3 is 2.38 bits per heavy atom. The summed E-state index contributed by atoms with van der Waals surface area (Å²) in [6, 6.07) is 17.1. The average Bonchev–Trinajstić information content (AvgIpc) is 3.75. The van der Waals surface area contributed by atoms with E-state index in [4.69, 9.17) is 9.97 Å². The number of imide groups is 1. The predicted molar refractivity (Wildman–Crippen MR) is 240 cm³/mol. The van der Waals surface area contributed by atoms with Crippen molar-refractivity contribution in [2.24, 2.45) is 5.41 Å². The fourth-order valence-corrected chi connectivity index (χ4v) is 10.4. The zero-order chi connectivity index (χ0) is 43.5. The highest BCUT2D eigenvalue weighted by molar-refractivity contribution is 6.01. The highest BCUT2D eigenvalue weighted by Gasteiger charge is 2.42. The van der Waals surface area contributed by atoms with Crippen molar-refractivity contribution < 1.29 is 19.1 Å². The molecular formula is C47H54FN11O4. The molecule has 63 heavy (non-hydrogen) atoms. The number of anilines is 5. The maximum atomic E-state index is 15.2. The number of halogens is 1. The molecule has 7 heterocycles. The molecule has 16 heteroatoms. The SMILES string of the molecule is C=CCn1c(=O)c2cnc(Nc3ccc(N4CCC5(CC4)CCN(C4CN(c6ccc(NC7CCC(=O)NC7=O)cc6F)C4)CC5)cc3)nc2n1-c1ccc2c(n1)[C@@](O)(CC)CC2. The number of pyridine rings is 1. The normalized spacial score (nSPS) is 22.6. The summed E-state index contributed by atoms with van der Waals surface area (Å²) >= 11 is 0. The molecule has 328 valence electrons. The molecule has 0 radical (unpaired) electrons. The number of allylic oxidation sites excluding steroid dienone is 1. The molecule has 1 aliphatic carbocycles. The van der Waals surface area contributed by atoms with Gasteiger partial charge in [-0.15, -0.1) is 6.58 Å². The van der Waals surface area contributed by atoms with Crippen LogP contribution in [0.1, 0.15) is 69.5 Å². The van der Waals surface area contributed by atoms with Gasteiger partial charge in [0.15, 0.2) is 11.5 Å². The van der Waals surface area contributed by atoms with E-state index in [1.165, 1.54) is 24.6 Å². The van der Waals surface area contributed by atoms with Gasteiger partial charge >= 0.3 is 0 Å². The molecule has 1 unspecified atom stereocenters. The van der Waals surface area contributed by atoms with Crippen molar-refractivity contribution in [3.05, 3.63) is 101 Å². The average molecular weight is 856 g/mol. The van der Waals surface area contributed by atoms with Gasteiger partial charge in [0.2, 0.25) is 17.8 Å². The van der Waals surface area contributed by atoms with Crippen molar-refractivity contribution in [2.45, 2.75) is 88.9 Å². The lowest BCUT2D eigenvalue weighted by Gasteiger charge is -2.52. The first-order chi connectivity index (χ1) is 30.5. The standard InChI is InChI=1S/C47H54FN11O4/c1-3-21-58-44(62)35-27-49-45(54-42(35)59(58)39-13-5-30-15-16-47(63,4-2)41(30)52-39)51-31-6-9-33(10-7-31)55-22-17-46(18-23-55)19-24-56(25-20-46)34-28-57(29-34)38-12-8-32(26-36(38)48)50-37-11-14-40(60)53-43(37)61/h3,5-10,12-13,26-27,34,37,50,63H,1,4,11,14-25,28-29H2,2H3,(H,49,51,54)(H,53,60,61)/t37?,47-/m1/s1. The van der Waals surface area contributed by atoms with Crippen molar-refractivity contribution in [1.29, 1.82) is 0 Å². The zero-order valence-electron chi connectivity index (χ0n) is 35.7. The Morgan fingerprint density at radius 2 is 1.67 bits per heavy atom. The number of carbonyl (C=O) groups excluding carboxylic acids is 2. The summed E-state index contributed by atoms with van der Waals surface area (Å²) in [5.41, 5.74) is 4.34. The van der Waals surface area contributed by atoms with E-state index in [-0.39, 0.29) is 36.2 Å². The lowest BCUT2D eigenvalue weighted by atomic mass is 9.71. The van der Waals surface area contributed by atoms with Gasteiger partial charge in [0.05, 0.1) is 17.9 Å². The van der Waals surface area contributed by atoms with Gasteiger partial charge in [-0.2, -0.15) is 4.98 Å². The van der Waals surface area contributed by atoms with Crippen LogP contribution in [-0.2, 0) is 28.2 Å². The van der Waals surface area contributed by atoms with Crippen molar-refractivity contribution in [1.82, 2.24) is 34.5 Å². The van der Waals surface area contributed by atoms with E-state index in [0.29, 0.717) is 70.6 Å². The molecule has 5 aromatic rings. The summed E-state index contributed by atoms with van der Waals surface area (Å²) in [5, 5.41) is 20.4. The fourth-order valence-electron chi connectivity index (χ4n) is 10.4. The number of aryl methyl sites for hydroxylation is 1. The number of aromatic nitrogens is 5. The topological polar surface area (TPSA) is 166 Å². The molecule has 0 saturated carbocycles. The molecular weight excluding hydrogens is 802 g/mol. The van der Waals surface area contributed by atoms with E-state index in [1.807, 2.05) is 37.3 Å². The quantitative estimate of drug-likeness (QED) is 0.0993. The predicted octanol–water partition coefficient (Wildman–Crippen LogP) is 5.38. The monoisotopic (exact) mass is 855 g/mol. The van der Waals surface area contributed by atoms with Crippen LogP contribution in [0.4, 0.5) is 33.1 Å². The van der Waals surface area contributed by atoms with E-state index in [1.54, 1.807) is 27.7 Å². The van der Waals surface area contributed by atoms with Gasteiger partial charge in [0.25, 0.3) is 5.56 Å². The van der Waals surface area contributed by atoms with Crippen LogP contribution in [0.25, 0.3) is 16.9 Å². The largest absolute Gasteiger partial charge is 0.384 e. The maximum absolute atomic E-state index is 15.2. The van der Waals surface area contributed by atoms with Crippen LogP contribution in [0.3, 0.4) is 0 Å². The zero-order valence-corrected chi connectivity index (χ0v) is 35.7. The van der Waals surface area contributed by atoms with Crippen LogP contribution in [0.15, 0.2) is 78.2 Å². The molecule has 1 spiro atoms. The number of fused-ring (bicyclic) bond motifs is 2. The molecule has 0 bridgehead atoms. The number of piperidine rings is 3. The van der Waals surface area contributed by atoms with E-state index in [0.717, 1.165) is 69.8 Å². The van der Waals surface area contributed by atoms with Gasteiger partial charge in [-0.25, -0.2) is 23.7 Å². The highest BCUT2D eigenvalue weighted by atomic mass is 19.1. The van der Waals surface area contributed by atoms with Crippen molar-refractivity contribution >= 4 is 51.5 Å². The maximum Gasteiger partial charge on any atom is 0.278 e. The Morgan fingerprint density at radius 1 is 0.921 bits per heavy atom. The molecule has 15 nitrogen and oxygen atoms in total. The van der Waals surface area contributed by atoms with Gasteiger partial charge in [-0.3, -0.25) is 24.6 Å². The molecule has 10 rings (SSSR count). The number of aliphatic hydroxyl groups is 1. The Balaban J connectivity index is 0.731. The number of benzene rings is 2. The minimum Gasteiger partial charge on any atom is -0.384 e. The number of rotatable bonds is 11. The minimum absolute atomic E-state index is 0.241. The van der Waals surface area contributed by atoms with Gasteiger partial charge < -0.3 is 25.5 Å². The van der Waals surface area contributed by atoms with Crippen molar-refractivity contribution in [3.63, 3.8) is 0 Å². The first-order valence-corrected chi connectivity index (χ1v) is 22.4. The summed E-state index contributed by atoms with van der Waals surface area (Å²) in [4.78, 5) is 58.5. The minimum atomic E-state index is -0.996. The third kappa shape index (κ3) is 7.62. The third-order valence-corrected chi connectivity index (χ3v) is 14.4. The summed E-state index contributed by atoms with van der Waals surface area (Å²) in [6.07, 6.45) is 10.5. The van der Waals surface area contributed by atoms with Gasteiger partial charge in [0.1, 0.15) is 22.8 Å². The second-order valence-electron chi connectivity index (χ2n) is 18.0. The summed E-state index contributed by atoms with van der Waals surface area (Å²) in [6.45, 7) is 11.8. The molecule has 4 N–H and O–H groups in total. The number of nitrogens with zero attached hydrogens (tertiary/aromatic N) is 8. The number of hydrogen-bond donors (Lipinski definition) is 4. The van der Waals surface area contributed by atoms with Crippen molar-refractivity contribution in [2.75, 3.05) is 59.7 Å². The second kappa shape index (κ2) is 16.2. The Kier molecular flexibility index (Phi) is 10.5. The van der Waals surface area contributed by atoms with Crippen molar-refractivity contribution in [3.8, 4) is 5.82 Å². The Bertz CT molecular complexity index is 2640. The van der Waals surface area contributed by atoms with Gasteiger partial charge in [0, 0.05) is 61.9 Å². The first-order valence-electron chi connectivity index (χ1n) is 22.4. The second-order valence-corrected chi connectivity index (χ2v) is 18.0. The molecule has 2 atom stereocenters. The van der Waals surface area contributed by atoms with Gasteiger partial charge in [-0.1, -0.05) is 19.1 Å². The lowest BCUT2D eigenvalue weighted by molar-refractivity contribution is -0.133. The first kappa shape index (κ1) is 40.9. The number of hydrogen-bond acceptors (Lipinski definition) is 12. The Hall–Kier alpha value is -6.13. The number of nitrogens with one attached hydrogen (secondary N) is 3. The van der Waals surface area contributed by atoms with Crippen LogP contribution in [-0.4, -0.2) is 97.5 Å². The number of likely N-dealkylation sites (tertiary alicyclic amines) is 1. The van der Waals surface area contributed by atoms with Crippen LogP contribution >= 0.6 is 0 Å². The summed E-state index contributed by atoms with van der Waals surface area (Å²) in [5.74, 6) is -0.0976. The molecule has 3 aromatic heterocycles. The van der Waals surface area contributed by atoms with Crippen LogP contribution < -0.4 is 31.3 Å². The number of amides is 2. The fraction of sp³-hybridized carbons (Fsp3) is 0.447. The number of carbonyl (C=O) groups is 2. The molecule has 2 amide bonds. The van der Waals surface area contributed by atoms with Crippen LogP contribution in [0.2, 0.25) is 0 Å². The van der Waals surface area contributed by atoms with Crippen LogP contribution in [0.5, 0.6) is 0 Å². The summed E-state index contributed by atoms with van der Waals surface area (Å²) in [7, 11) is 0. The van der Waals surface area contributed by atoms with Crippen LogP contribution in [0, 0.1) is 11.2 Å². The molecule has 5 aliphatic rings. The van der Waals surface area contributed by atoms with Gasteiger partial charge in [-0.05, 0) is 124 Å². The highest BCUT2D eigenvalue weighted by Crippen LogP contribution is 2.44. The lowest BCUT2D eigenvalue weighted by Crippen LogP contribution is -2.62. The molecule has 4 fully saturated rings. The molecule has 4 aliphatic heterocycles. The molecule has 4 saturated heterocycles. The molecule has 2 aromatic carbocycles. The van der Waals surface area contributed by atoms with E-state index in [2.05, 4.69) is 54.3 Å². The van der Waals surface area contributed by atoms with E-state index < -0.39 is 11.6 Å². The Labute approximate surface area is 365 Å². The third-order valence-electron chi connectivity index (χ3n) is 14.4.